The number of nitrogens with zero attached hydrogens (tertiary/aromatic N) is 2. The number of rotatable bonds is 4. The first-order valence-electron chi connectivity index (χ1n) is 9.46. The summed E-state index contributed by atoms with van der Waals surface area (Å²) in [4.78, 5) is 17.6. The Bertz CT molecular complexity index is 927. The smallest absolute Gasteiger partial charge is 0.252 e. The molecule has 1 aliphatic rings. The van der Waals surface area contributed by atoms with Crippen molar-refractivity contribution in [1.29, 1.82) is 0 Å². The van der Waals surface area contributed by atoms with Gasteiger partial charge in [-0.25, -0.2) is 0 Å². The van der Waals surface area contributed by atoms with Crippen LogP contribution in [-0.2, 0) is 5.54 Å². The molecule has 0 saturated heterocycles. The van der Waals surface area contributed by atoms with Gasteiger partial charge in [-0.1, -0.05) is 73.0 Å². The molecule has 0 atom stereocenters. The number of aromatic nitrogens is 2. The van der Waals surface area contributed by atoms with E-state index < -0.39 is 5.54 Å². The van der Waals surface area contributed by atoms with Crippen LogP contribution in [0.4, 0.5) is 0 Å². The van der Waals surface area contributed by atoms with Crippen molar-refractivity contribution in [3.63, 3.8) is 0 Å². The molecule has 4 rings (SSSR count). The number of aryl methyl sites for hydroxylation is 1. The molecule has 0 radical (unpaired) electrons. The second-order valence-corrected chi connectivity index (χ2v) is 7.20. The highest BCUT2D eigenvalue weighted by atomic mass is 16.5. The summed E-state index contributed by atoms with van der Waals surface area (Å²) < 4.78 is 5.65. The van der Waals surface area contributed by atoms with E-state index in [0.29, 0.717) is 17.3 Å². The lowest BCUT2D eigenvalue weighted by molar-refractivity contribution is 0.0824. The van der Waals surface area contributed by atoms with Gasteiger partial charge in [-0.15, -0.1) is 0 Å². The lowest BCUT2D eigenvalue weighted by atomic mass is 9.81. The zero-order chi connectivity index (χ0) is 18.7. The molecular weight excluding hydrogens is 338 g/mol. The van der Waals surface area contributed by atoms with Gasteiger partial charge in [0.25, 0.3) is 11.8 Å². The van der Waals surface area contributed by atoms with E-state index in [4.69, 9.17) is 4.52 Å². The number of carbonyl (C=O) groups is 1. The minimum atomic E-state index is -0.600. The van der Waals surface area contributed by atoms with Gasteiger partial charge in [-0.05, 0) is 31.4 Å². The van der Waals surface area contributed by atoms with Gasteiger partial charge < -0.3 is 9.84 Å². The maximum atomic E-state index is 13.0. The lowest BCUT2D eigenvalue weighted by Gasteiger charge is -2.34. The monoisotopic (exact) mass is 361 g/mol. The first-order valence-corrected chi connectivity index (χ1v) is 9.46. The minimum Gasteiger partial charge on any atom is -0.338 e. The first kappa shape index (κ1) is 17.5. The normalized spacial score (nSPS) is 16.0. The van der Waals surface area contributed by atoms with Gasteiger partial charge in [0, 0.05) is 11.1 Å². The van der Waals surface area contributed by atoms with Gasteiger partial charge in [0.1, 0.15) is 5.54 Å². The van der Waals surface area contributed by atoms with Gasteiger partial charge in [-0.2, -0.15) is 4.98 Å². The second kappa shape index (κ2) is 7.35. The molecule has 5 nitrogen and oxygen atoms in total. The molecule has 0 spiro atoms. The third kappa shape index (κ3) is 3.50. The largest absolute Gasteiger partial charge is 0.338 e. The van der Waals surface area contributed by atoms with Crippen molar-refractivity contribution >= 4 is 5.91 Å². The van der Waals surface area contributed by atoms with Crippen molar-refractivity contribution in [3.8, 4) is 11.4 Å². The Balaban J connectivity index is 1.66. The molecule has 27 heavy (non-hydrogen) atoms. The summed E-state index contributed by atoms with van der Waals surface area (Å²) >= 11 is 0. The van der Waals surface area contributed by atoms with Crippen molar-refractivity contribution in [1.82, 2.24) is 15.5 Å². The zero-order valence-electron chi connectivity index (χ0n) is 15.4. The number of hydrogen-bond acceptors (Lipinski definition) is 4. The number of hydrogen-bond donors (Lipinski definition) is 1. The third-order valence-corrected chi connectivity index (χ3v) is 5.32. The average molecular weight is 361 g/mol. The van der Waals surface area contributed by atoms with Crippen LogP contribution in [0.2, 0.25) is 0 Å². The molecule has 1 N–H and O–H groups in total. The SMILES string of the molecule is Cc1ccccc1C(=O)NC1(c2nc(-c3ccccc3)no2)CCCCC1. The molecule has 5 heteroatoms. The third-order valence-electron chi connectivity index (χ3n) is 5.32. The van der Waals surface area contributed by atoms with E-state index in [1.807, 2.05) is 61.5 Å². The van der Waals surface area contributed by atoms with Gasteiger partial charge in [0.15, 0.2) is 0 Å². The van der Waals surface area contributed by atoms with Crippen LogP contribution >= 0.6 is 0 Å². The van der Waals surface area contributed by atoms with Crippen LogP contribution in [0.5, 0.6) is 0 Å². The highest BCUT2D eigenvalue weighted by Gasteiger charge is 2.41. The van der Waals surface area contributed by atoms with Crippen LogP contribution in [-0.4, -0.2) is 16.0 Å². The van der Waals surface area contributed by atoms with Crippen molar-refractivity contribution in [3.05, 3.63) is 71.6 Å². The molecule has 0 unspecified atom stereocenters. The molecule has 2 aromatic carbocycles. The predicted octanol–water partition coefficient (Wildman–Crippen LogP) is 4.63. The summed E-state index contributed by atoms with van der Waals surface area (Å²) in [6.45, 7) is 1.95. The predicted molar refractivity (Wildman–Crippen MR) is 103 cm³/mol. The molecular formula is C22H23N3O2. The number of benzene rings is 2. The molecule has 1 aliphatic carbocycles. The van der Waals surface area contributed by atoms with Crippen LogP contribution < -0.4 is 5.32 Å². The number of amides is 1. The maximum absolute atomic E-state index is 13.0. The van der Waals surface area contributed by atoms with Crippen LogP contribution in [0.15, 0.2) is 59.1 Å². The van der Waals surface area contributed by atoms with Gasteiger partial charge >= 0.3 is 0 Å². The molecule has 1 amide bonds. The van der Waals surface area contributed by atoms with E-state index in [1.54, 1.807) is 0 Å². The van der Waals surface area contributed by atoms with Crippen LogP contribution in [0.25, 0.3) is 11.4 Å². The van der Waals surface area contributed by atoms with E-state index in [1.165, 1.54) is 0 Å². The quantitative estimate of drug-likeness (QED) is 0.735. The fourth-order valence-electron chi connectivity index (χ4n) is 3.78. The lowest BCUT2D eigenvalue weighted by Crippen LogP contribution is -2.47. The van der Waals surface area contributed by atoms with Crippen LogP contribution in [0.3, 0.4) is 0 Å². The van der Waals surface area contributed by atoms with E-state index >= 15 is 0 Å². The fraction of sp³-hybridized carbons (Fsp3) is 0.318. The van der Waals surface area contributed by atoms with Crippen molar-refractivity contribution in [2.24, 2.45) is 0 Å². The van der Waals surface area contributed by atoms with Crippen LogP contribution in [0, 0.1) is 6.92 Å². The Morgan fingerprint density at radius 2 is 1.70 bits per heavy atom. The Kier molecular flexibility index (Phi) is 4.75. The Morgan fingerprint density at radius 1 is 1.00 bits per heavy atom. The van der Waals surface area contributed by atoms with Crippen molar-refractivity contribution < 1.29 is 9.32 Å². The summed E-state index contributed by atoms with van der Waals surface area (Å²) in [5, 5.41) is 7.40. The molecule has 138 valence electrons. The molecule has 1 saturated carbocycles. The van der Waals surface area contributed by atoms with E-state index in [2.05, 4.69) is 15.5 Å². The fourth-order valence-corrected chi connectivity index (χ4v) is 3.78. The van der Waals surface area contributed by atoms with Gasteiger partial charge in [0.05, 0.1) is 0 Å². The second-order valence-electron chi connectivity index (χ2n) is 7.20. The van der Waals surface area contributed by atoms with E-state index in [-0.39, 0.29) is 5.91 Å². The molecule has 1 aromatic heterocycles. The summed E-state index contributed by atoms with van der Waals surface area (Å²) in [6, 6.07) is 17.4. The highest BCUT2D eigenvalue weighted by molar-refractivity contribution is 5.96. The van der Waals surface area contributed by atoms with E-state index in [0.717, 1.165) is 43.2 Å². The zero-order valence-corrected chi connectivity index (χ0v) is 15.4. The Morgan fingerprint density at radius 3 is 2.44 bits per heavy atom. The van der Waals surface area contributed by atoms with Crippen LogP contribution in [0.1, 0.15) is 53.9 Å². The summed E-state index contributed by atoms with van der Waals surface area (Å²) in [6.07, 6.45) is 4.82. The highest BCUT2D eigenvalue weighted by Crippen LogP contribution is 2.37. The maximum Gasteiger partial charge on any atom is 0.252 e. The van der Waals surface area contributed by atoms with Crippen molar-refractivity contribution in [2.75, 3.05) is 0 Å². The van der Waals surface area contributed by atoms with Crippen molar-refractivity contribution in [2.45, 2.75) is 44.6 Å². The summed E-state index contributed by atoms with van der Waals surface area (Å²) in [5.74, 6) is 0.970. The molecule has 0 bridgehead atoms. The first-order chi connectivity index (χ1) is 13.2. The number of carbonyl (C=O) groups excluding carboxylic acids is 1. The topological polar surface area (TPSA) is 68.0 Å². The summed E-state index contributed by atoms with van der Waals surface area (Å²) in [7, 11) is 0. The average Bonchev–Trinajstić information content (AvgIpc) is 3.21. The Labute approximate surface area is 158 Å². The molecule has 0 aliphatic heterocycles. The molecule has 3 aromatic rings. The summed E-state index contributed by atoms with van der Waals surface area (Å²) in [5.41, 5.74) is 1.95. The van der Waals surface area contributed by atoms with Gasteiger partial charge in [0.2, 0.25) is 5.82 Å². The molecule has 1 fully saturated rings. The standard InChI is InChI=1S/C22H23N3O2/c1-16-10-6-7-13-18(16)20(26)24-22(14-8-3-9-15-22)21-23-19(25-27-21)17-11-4-2-5-12-17/h2,4-7,10-13H,3,8-9,14-15H2,1H3,(H,24,26). The molecule has 1 heterocycles. The van der Waals surface area contributed by atoms with Gasteiger partial charge in [-0.3, -0.25) is 4.79 Å². The van der Waals surface area contributed by atoms with E-state index in [9.17, 15) is 4.79 Å². The Hall–Kier alpha value is -2.95. The minimum absolute atomic E-state index is 0.0885. The number of nitrogens with one attached hydrogen (secondary N) is 1.